The van der Waals surface area contributed by atoms with E-state index in [9.17, 15) is 9.59 Å². The van der Waals surface area contributed by atoms with Gasteiger partial charge in [-0.25, -0.2) is 0 Å². The third-order valence-corrected chi connectivity index (χ3v) is 7.73. The van der Waals surface area contributed by atoms with Crippen LogP contribution in [0.15, 0.2) is 54.6 Å². The maximum Gasteiger partial charge on any atom is 0.256 e. The molecule has 0 radical (unpaired) electrons. The van der Waals surface area contributed by atoms with E-state index in [0.29, 0.717) is 33.6 Å². The summed E-state index contributed by atoms with van der Waals surface area (Å²) < 4.78 is 0. The minimum Gasteiger partial charge on any atom is -0.348 e. The molecule has 3 aromatic rings. The zero-order chi connectivity index (χ0) is 23.6. The minimum absolute atomic E-state index is 0.146. The van der Waals surface area contributed by atoms with Crippen LogP contribution in [0.4, 0.5) is 5.00 Å². The molecule has 0 saturated carbocycles. The van der Waals surface area contributed by atoms with Gasteiger partial charge in [-0.3, -0.25) is 9.59 Å². The number of hydrogen-bond acceptors (Lipinski definition) is 3. The summed E-state index contributed by atoms with van der Waals surface area (Å²) in [6, 6.07) is 16.7. The molecule has 33 heavy (non-hydrogen) atoms. The summed E-state index contributed by atoms with van der Waals surface area (Å²) >= 11 is 7.61. The number of fused-ring (bicyclic) bond motifs is 1. The van der Waals surface area contributed by atoms with Gasteiger partial charge in [-0.05, 0) is 59.9 Å². The molecule has 4 rings (SSSR count). The zero-order valence-corrected chi connectivity index (χ0v) is 20.8. The number of rotatable bonds is 5. The Kier molecular flexibility index (Phi) is 6.91. The standard InChI is InChI=1S/C27H29ClN2O2S/c1-27(2,3)19-12-13-21-22(15-19)33-26(30-24(31)18-10-7-11-20(28)14-18)23(21)25(32)29-16-17-8-5-4-6-9-17/h4-11,14,19H,12-13,15-16H2,1-3H3,(H,29,32)(H,30,31). The first-order chi connectivity index (χ1) is 15.7. The average molecular weight is 481 g/mol. The molecule has 1 aromatic heterocycles. The molecule has 2 aromatic carbocycles. The second kappa shape index (κ2) is 9.70. The fourth-order valence-corrected chi connectivity index (χ4v) is 5.84. The third-order valence-electron chi connectivity index (χ3n) is 6.33. The van der Waals surface area contributed by atoms with Crippen molar-refractivity contribution < 1.29 is 9.59 Å². The van der Waals surface area contributed by atoms with Crippen LogP contribution in [0.5, 0.6) is 0 Å². The highest BCUT2D eigenvalue weighted by Crippen LogP contribution is 2.44. The lowest BCUT2D eigenvalue weighted by Gasteiger charge is -2.33. The number of halogens is 1. The largest absolute Gasteiger partial charge is 0.348 e. The smallest absolute Gasteiger partial charge is 0.256 e. The van der Waals surface area contributed by atoms with Gasteiger partial charge in [0.2, 0.25) is 0 Å². The van der Waals surface area contributed by atoms with Crippen LogP contribution in [0, 0.1) is 11.3 Å². The maximum absolute atomic E-state index is 13.3. The Morgan fingerprint density at radius 3 is 2.52 bits per heavy atom. The Hall–Kier alpha value is -2.63. The Labute approximate surface area is 204 Å². The number of anilines is 1. The normalized spacial score (nSPS) is 15.6. The van der Waals surface area contributed by atoms with Crippen LogP contribution in [0.25, 0.3) is 0 Å². The summed E-state index contributed by atoms with van der Waals surface area (Å²) in [6.07, 6.45) is 2.80. The monoisotopic (exact) mass is 480 g/mol. The molecule has 0 aliphatic heterocycles. The van der Waals surface area contributed by atoms with Crippen molar-refractivity contribution in [3.8, 4) is 0 Å². The van der Waals surface area contributed by atoms with Crippen molar-refractivity contribution in [1.82, 2.24) is 5.32 Å². The Bertz CT molecular complexity index is 1160. The van der Waals surface area contributed by atoms with Gasteiger partial charge in [-0.1, -0.05) is 68.8 Å². The molecule has 4 nitrogen and oxygen atoms in total. The molecular weight excluding hydrogens is 452 g/mol. The van der Waals surface area contributed by atoms with E-state index in [2.05, 4.69) is 31.4 Å². The van der Waals surface area contributed by atoms with E-state index in [1.54, 1.807) is 24.3 Å². The summed E-state index contributed by atoms with van der Waals surface area (Å²) in [5.74, 6) is 0.132. The fourth-order valence-electron chi connectivity index (χ4n) is 4.32. The number of nitrogens with one attached hydrogen (secondary N) is 2. The lowest BCUT2D eigenvalue weighted by Crippen LogP contribution is -2.28. The predicted octanol–water partition coefficient (Wildman–Crippen LogP) is 6.73. The van der Waals surface area contributed by atoms with Gasteiger partial charge < -0.3 is 10.6 Å². The van der Waals surface area contributed by atoms with E-state index < -0.39 is 0 Å². The van der Waals surface area contributed by atoms with E-state index >= 15 is 0 Å². The molecule has 0 bridgehead atoms. The molecule has 1 heterocycles. The highest BCUT2D eigenvalue weighted by atomic mass is 35.5. The van der Waals surface area contributed by atoms with Crippen molar-refractivity contribution in [3.05, 3.63) is 86.8 Å². The number of hydrogen-bond donors (Lipinski definition) is 2. The molecule has 6 heteroatoms. The van der Waals surface area contributed by atoms with Gasteiger partial charge in [0, 0.05) is 22.0 Å². The van der Waals surface area contributed by atoms with Crippen LogP contribution in [0.1, 0.15) is 63.9 Å². The third kappa shape index (κ3) is 5.48. The van der Waals surface area contributed by atoms with Gasteiger partial charge in [-0.2, -0.15) is 0 Å². The zero-order valence-electron chi connectivity index (χ0n) is 19.2. The summed E-state index contributed by atoms with van der Waals surface area (Å²) in [5, 5.41) is 7.17. The van der Waals surface area contributed by atoms with E-state index in [1.807, 2.05) is 30.3 Å². The second-order valence-electron chi connectivity index (χ2n) is 9.65. The number of benzene rings is 2. The first-order valence-corrected chi connectivity index (χ1v) is 12.5. The van der Waals surface area contributed by atoms with Gasteiger partial charge >= 0.3 is 0 Å². The Balaban J connectivity index is 1.63. The second-order valence-corrected chi connectivity index (χ2v) is 11.2. The van der Waals surface area contributed by atoms with Crippen LogP contribution in [-0.2, 0) is 19.4 Å². The molecule has 0 spiro atoms. The molecule has 0 saturated heterocycles. The first-order valence-electron chi connectivity index (χ1n) is 11.3. The average Bonchev–Trinajstić information content (AvgIpc) is 3.14. The highest BCUT2D eigenvalue weighted by molar-refractivity contribution is 7.17. The maximum atomic E-state index is 13.3. The quantitative estimate of drug-likeness (QED) is 0.425. The predicted molar refractivity (Wildman–Crippen MR) is 136 cm³/mol. The van der Waals surface area contributed by atoms with Crippen molar-refractivity contribution in [1.29, 1.82) is 0 Å². The Morgan fingerprint density at radius 2 is 1.82 bits per heavy atom. The number of thiophene rings is 1. The highest BCUT2D eigenvalue weighted by Gasteiger charge is 2.34. The van der Waals surface area contributed by atoms with Gasteiger partial charge in [0.25, 0.3) is 11.8 Å². The van der Waals surface area contributed by atoms with Crippen molar-refractivity contribution in [2.75, 3.05) is 5.32 Å². The first kappa shape index (κ1) is 23.5. The summed E-state index contributed by atoms with van der Waals surface area (Å²) in [6.45, 7) is 7.25. The number of carbonyl (C=O) groups excluding carboxylic acids is 2. The van der Waals surface area contributed by atoms with Gasteiger partial charge in [0.05, 0.1) is 5.56 Å². The van der Waals surface area contributed by atoms with Crippen LogP contribution >= 0.6 is 22.9 Å². The molecule has 0 fully saturated rings. The Morgan fingerprint density at radius 1 is 1.06 bits per heavy atom. The van der Waals surface area contributed by atoms with Gasteiger partial charge in [-0.15, -0.1) is 11.3 Å². The summed E-state index contributed by atoms with van der Waals surface area (Å²) in [7, 11) is 0. The van der Waals surface area contributed by atoms with E-state index in [0.717, 1.165) is 30.4 Å². The summed E-state index contributed by atoms with van der Waals surface area (Å²) in [5.41, 5.74) is 3.38. The summed E-state index contributed by atoms with van der Waals surface area (Å²) in [4.78, 5) is 27.5. The van der Waals surface area contributed by atoms with Gasteiger partial charge in [0.1, 0.15) is 5.00 Å². The SMILES string of the molecule is CC(C)(C)C1CCc2c(sc(NC(=O)c3cccc(Cl)c3)c2C(=O)NCc2ccccc2)C1. The molecule has 2 amide bonds. The molecule has 172 valence electrons. The lowest BCUT2D eigenvalue weighted by atomic mass is 9.72. The van der Waals surface area contributed by atoms with E-state index in [-0.39, 0.29) is 17.2 Å². The van der Waals surface area contributed by atoms with Crippen LogP contribution in [0.3, 0.4) is 0 Å². The topological polar surface area (TPSA) is 58.2 Å². The molecule has 2 N–H and O–H groups in total. The van der Waals surface area contributed by atoms with E-state index in [4.69, 9.17) is 11.6 Å². The van der Waals surface area contributed by atoms with Crippen LogP contribution < -0.4 is 10.6 Å². The van der Waals surface area contributed by atoms with Crippen molar-refractivity contribution >= 4 is 39.8 Å². The van der Waals surface area contributed by atoms with E-state index in [1.165, 1.54) is 16.2 Å². The number of amides is 2. The molecular formula is C27H29ClN2O2S. The lowest BCUT2D eigenvalue weighted by molar-refractivity contribution is 0.0950. The van der Waals surface area contributed by atoms with Crippen molar-refractivity contribution in [2.24, 2.45) is 11.3 Å². The van der Waals surface area contributed by atoms with Crippen molar-refractivity contribution in [2.45, 2.75) is 46.6 Å². The molecule has 1 atom stereocenters. The van der Waals surface area contributed by atoms with Gasteiger partial charge in [0.15, 0.2) is 0 Å². The van der Waals surface area contributed by atoms with Crippen molar-refractivity contribution in [3.63, 3.8) is 0 Å². The molecule has 1 aliphatic carbocycles. The minimum atomic E-state index is -0.263. The van der Waals surface area contributed by atoms with Crippen LogP contribution in [0.2, 0.25) is 5.02 Å². The molecule has 1 aliphatic rings. The number of carbonyl (C=O) groups is 2. The van der Waals surface area contributed by atoms with Crippen LogP contribution in [-0.4, -0.2) is 11.8 Å². The fraction of sp³-hybridized carbons (Fsp3) is 0.333. The molecule has 1 unspecified atom stereocenters.